The van der Waals surface area contributed by atoms with Crippen LogP contribution in [0.3, 0.4) is 0 Å². The van der Waals surface area contributed by atoms with Gasteiger partial charge in [-0.05, 0) is 11.0 Å². The number of rotatable bonds is 6. The van der Waals surface area contributed by atoms with Gasteiger partial charge in [-0.2, -0.15) is 0 Å². The first-order valence-corrected chi connectivity index (χ1v) is 6.61. The second-order valence-electron chi connectivity index (χ2n) is 4.63. The molecule has 1 aromatic carbocycles. The van der Waals surface area contributed by atoms with E-state index in [1.54, 1.807) is 0 Å². The van der Waals surface area contributed by atoms with E-state index in [0.717, 1.165) is 11.9 Å². The van der Waals surface area contributed by atoms with Gasteiger partial charge >= 0.3 is 0 Å². The molecule has 0 bridgehead atoms. The highest BCUT2D eigenvalue weighted by Gasteiger charge is 2.15. The zero-order valence-electron chi connectivity index (χ0n) is 9.95. The lowest BCUT2D eigenvalue weighted by Crippen LogP contribution is -2.20. The third-order valence-electron chi connectivity index (χ3n) is 2.18. The molecule has 2 heteroatoms. The molecular formula is C14H19BrO. The summed E-state index contributed by atoms with van der Waals surface area (Å²) >= 11 is 3.48. The molecule has 0 atom stereocenters. The third-order valence-corrected chi connectivity index (χ3v) is 3.70. The molecule has 0 fully saturated rings. The second-order valence-corrected chi connectivity index (χ2v) is 5.19. The van der Waals surface area contributed by atoms with Crippen molar-refractivity contribution < 1.29 is 4.74 Å². The van der Waals surface area contributed by atoms with Crippen LogP contribution in [0, 0.1) is 5.41 Å². The Hall–Kier alpha value is -0.600. The fourth-order valence-corrected chi connectivity index (χ4v) is 1.35. The fourth-order valence-electron chi connectivity index (χ4n) is 1.19. The van der Waals surface area contributed by atoms with Crippen LogP contribution in [0.25, 0.3) is 6.08 Å². The van der Waals surface area contributed by atoms with Gasteiger partial charge in [-0.15, -0.1) is 0 Å². The van der Waals surface area contributed by atoms with Crippen molar-refractivity contribution in [1.82, 2.24) is 0 Å². The maximum atomic E-state index is 5.59. The van der Waals surface area contributed by atoms with Gasteiger partial charge in [0, 0.05) is 5.33 Å². The van der Waals surface area contributed by atoms with Gasteiger partial charge in [-0.1, -0.05) is 72.3 Å². The average molecular weight is 283 g/mol. The number of benzene rings is 1. The second kappa shape index (κ2) is 6.87. The largest absolute Gasteiger partial charge is 0.377 e. The van der Waals surface area contributed by atoms with Crippen LogP contribution in [0.5, 0.6) is 0 Å². The van der Waals surface area contributed by atoms with Gasteiger partial charge in [0.05, 0.1) is 13.2 Å². The zero-order chi connectivity index (χ0) is 11.9. The van der Waals surface area contributed by atoms with Crippen LogP contribution in [0.2, 0.25) is 0 Å². The van der Waals surface area contributed by atoms with E-state index in [9.17, 15) is 0 Å². The van der Waals surface area contributed by atoms with E-state index in [4.69, 9.17) is 4.74 Å². The van der Waals surface area contributed by atoms with Crippen molar-refractivity contribution in [2.75, 3.05) is 18.5 Å². The summed E-state index contributed by atoms with van der Waals surface area (Å²) in [6, 6.07) is 10.3. The van der Waals surface area contributed by atoms with Crippen molar-refractivity contribution >= 4 is 22.0 Å². The monoisotopic (exact) mass is 282 g/mol. The van der Waals surface area contributed by atoms with E-state index in [2.05, 4.69) is 54.1 Å². The van der Waals surface area contributed by atoms with Gasteiger partial charge in [-0.3, -0.25) is 0 Å². The van der Waals surface area contributed by atoms with E-state index < -0.39 is 0 Å². The smallest absolute Gasteiger partial charge is 0.0650 e. The van der Waals surface area contributed by atoms with Crippen LogP contribution in [-0.4, -0.2) is 18.5 Å². The van der Waals surface area contributed by atoms with Crippen molar-refractivity contribution in [2.24, 2.45) is 5.41 Å². The topological polar surface area (TPSA) is 9.23 Å². The number of alkyl halides is 1. The summed E-state index contributed by atoms with van der Waals surface area (Å²) in [4.78, 5) is 0. The molecule has 16 heavy (non-hydrogen) atoms. The SMILES string of the molecule is CC(C)(CBr)COCC=Cc1ccccc1. The van der Waals surface area contributed by atoms with Gasteiger partial charge in [0.2, 0.25) is 0 Å². The third kappa shape index (κ3) is 5.47. The highest BCUT2D eigenvalue weighted by molar-refractivity contribution is 9.09. The molecule has 0 saturated heterocycles. The summed E-state index contributed by atoms with van der Waals surface area (Å²) in [6.45, 7) is 5.81. The normalized spacial score (nSPS) is 12.2. The number of hydrogen-bond donors (Lipinski definition) is 0. The Labute approximate surface area is 107 Å². The summed E-state index contributed by atoms with van der Waals surface area (Å²) in [5.74, 6) is 0. The van der Waals surface area contributed by atoms with Crippen molar-refractivity contribution in [3.05, 3.63) is 42.0 Å². The predicted molar refractivity (Wildman–Crippen MR) is 73.9 cm³/mol. The molecule has 0 aliphatic carbocycles. The van der Waals surface area contributed by atoms with E-state index in [1.165, 1.54) is 5.56 Å². The molecule has 88 valence electrons. The average Bonchev–Trinajstić information content (AvgIpc) is 2.30. The number of ether oxygens (including phenoxy) is 1. The van der Waals surface area contributed by atoms with Crippen molar-refractivity contribution in [3.8, 4) is 0 Å². The summed E-state index contributed by atoms with van der Waals surface area (Å²) in [7, 11) is 0. The van der Waals surface area contributed by atoms with Crippen LogP contribution >= 0.6 is 15.9 Å². The lowest BCUT2D eigenvalue weighted by Gasteiger charge is -2.20. The summed E-state index contributed by atoms with van der Waals surface area (Å²) in [5.41, 5.74) is 1.42. The molecule has 0 aliphatic heterocycles. The molecule has 0 radical (unpaired) electrons. The van der Waals surface area contributed by atoms with Gasteiger partial charge < -0.3 is 4.74 Å². The predicted octanol–water partition coefficient (Wildman–Crippen LogP) is 4.14. The summed E-state index contributed by atoms with van der Waals surface area (Å²) < 4.78 is 5.59. The highest BCUT2D eigenvalue weighted by atomic mass is 79.9. The Bertz CT molecular complexity index is 317. The van der Waals surface area contributed by atoms with Crippen LogP contribution < -0.4 is 0 Å². The molecule has 0 unspecified atom stereocenters. The summed E-state index contributed by atoms with van der Waals surface area (Å²) in [6.07, 6.45) is 4.14. The van der Waals surface area contributed by atoms with Gasteiger partial charge in [-0.25, -0.2) is 0 Å². The van der Waals surface area contributed by atoms with Gasteiger partial charge in [0.1, 0.15) is 0 Å². The molecule has 1 aromatic rings. The quantitative estimate of drug-likeness (QED) is 0.563. The van der Waals surface area contributed by atoms with Crippen LogP contribution in [-0.2, 0) is 4.74 Å². The standard InChI is InChI=1S/C14H19BrO/c1-14(2,11-15)12-16-10-6-9-13-7-4-3-5-8-13/h3-9H,10-12H2,1-2H3. The molecule has 0 N–H and O–H groups in total. The fraction of sp³-hybridized carbons (Fsp3) is 0.429. The summed E-state index contributed by atoms with van der Waals surface area (Å²) in [5, 5.41) is 0.961. The lowest BCUT2D eigenvalue weighted by molar-refractivity contribution is 0.0943. The Morgan fingerprint density at radius 2 is 1.94 bits per heavy atom. The first-order chi connectivity index (χ1) is 7.64. The van der Waals surface area contributed by atoms with Crippen LogP contribution in [0.15, 0.2) is 36.4 Å². The Balaban J connectivity index is 2.24. The van der Waals surface area contributed by atoms with Gasteiger partial charge in [0.15, 0.2) is 0 Å². The molecule has 1 rings (SSSR count). The highest BCUT2D eigenvalue weighted by Crippen LogP contribution is 2.18. The maximum absolute atomic E-state index is 5.59. The molecular weight excluding hydrogens is 264 g/mol. The van der Waals surface area contributed by atoms with Crippen LogP contribution in [0.1, 0.15) is 19.4 Å². The molecule has 0 saturated carbocycles. The molecule has 0 spiro atoms. The van der Waals surface area contributed by atoms with E-state index >= 15 is 0 Å². The lowest BCUT2D eigenvalue weighted by atomic mass is 9.99. The number of halogens is 1. The van der Waals surface area contributed by atoms with Gasteiger partial charge in [0.25, 0.3) is 0 Å². The molecule has 0 aliphatic rings. The zero-order valence-corrected chi connectivity index (χ0v) is 11.5. The minimum absolute atomic E-state index is 0.209. The minimum atomic E-state index is 0.209. The first kappa shape index (κ1) is 13.5. The first-order valence-electron chi connectivity index (χ1n) is 5.49. The maximum Gasteiger partial charge on any atom is 0.0650 e. The van der Waals surface area contributed by atoms with Crippen molar-refractivity contribution in [1.29, 1.82) is 0 Å². The van der Waals surface area contributed by atoms with Crippen molar-refractivity contribution in [2.45, 2.75) is 13.8 Å². The molecule has 0 heterocycles. The van der Waals surface area contributed by atoms with E-state index in [1.807, 2.05) is 18.2 Å². The Morgan fingerprint density at radius 1 is 1.25 bits per heavy atom. The Kier molecular flexibility index (Phi) is 5.78. The van der Waals surface area contributed by atoms with E-state index in [-0.39, 0.29) is 5.41 Å². The minimum Gasteiger partial charge on any atom is -0.377 e. The Morgan fingerprint density at radius 3 is 2.56 bits per heavy atom. The van der Waals surface area contributed by atoms with E-state index in [0.29, 0.717) is 6.61 Å². The van der Waals surface area contributed by atoms with Crippen molar-refractivity contribution in [3.63, 3.8) is 0 Å². The number of hydrogen-bond acceptors (Lipinski definition) is 1. The van der Waals surface area contributed by atoms with Crippen LogP contribution in [0.4, 0.5) is 0 Å². The molecule has 0 amide bonds. The molecule has 1 nitrogen and oxygen atoms in total. The molecule has 0 aromatic heterocycles.